The summed E-state index contributed by atoms with van der Waals surface area (Å²) in [5.74, 6) is 1.08. The van der Waals surface area contributed by atoms with Crippen LogP contribution >= 0.6 is 11.8 Å². The Morgan fingerprint density at radius 3 is 2.85 bits per heavy atom. The van der Waals surface area contributed by atoms with Gasteiger partial charge in [-0.3, -0.25) is 0 Å². The summed E-state index contributed by atoms with van der Waals surface area (Å²) in [6, 6.07) is 0.318. The first-order chi connectivity index (χ1) is 6.24. The molecule has 1 fully saturated rings. The summed E-state index contributed by atoms with van der Waals surface area (Å²) in [6.07, 6.45) is 1.20. The topological polar surface area (TPSA) is 12.0 Å². The van der Waals surface area contributed by atoms with E-state index < -0.39 is 6.43 Å². The Hall–Kier alpha value is 0.170. The van der Waals surface area contributed by atoms with Gasteiger partial charge in [0.1, 0.15) is 0 Å². The van der Waals surface area contributed by atoms with E-state index in [-0.39, 0.29) is 6.54 Å². The van der Waals surface area contributed by atoms with E-state index in [0.29, 0.717) is 11.3 Å². The normalized spacial score (nSPS) is 28.6. The lowest BCUT2D eigenvalue weighted by Crippen LogP contribution is -2.37. The molecule has 0 spiro atoms. The van der Waals surface area contributed by atoms with Crippen LogP contribution in [0.5, 0.6) is 0 Å². The molecular formula is C9H17F2NS. The summed E-state index contributed by atoms with van der Waals surface area (Å²) in [5, 5.41) is 3.50. The minimum atomic E-state index is -2.21. The van der Waals surface area contributed by atoms with Crippen molar-refractivity contribution in [2.45, 2.75) is 43.9 Å². The van der Waals surface area contributed by atoms with E-state index in [1.54, 1.807) is 0 Å². The first-order valence-electron chi connectivity index (χ1n) is 4.87. The van der Waals surface area contributed by atoms with Crippen molar-refractivity contribution >= 4 is 11.8 Å². The van der Waals surface area contributed by atoms with Gasteiger partial charge >= 0.3 is 0 Å². The third-order valence-electron chi connectivity index (χ3n) is 2.37. The molecular weight excluding hydrogens is 192 g/mol. The first kappa shape index (κ1) is 11.2. The average Bonchev–Trinajstić information content (AvgIpc) is 2.49. The maximum atomic E-state index is 11.9. The average molecular weight is 209 g/mol. The van der Waals surface area contributed by atoms with E-state index in [4.69, 9.17) is 0 Å². The van der Waals surface area contributed by atoms with Gasteiger partial charge in [0.2, 0.25) is 0 Å². The fourth-order valence-electron chi connectivity index (χ4n) is 1.81. The summed E-state index contributed by atoms with van der Waals surface area (Å²) in [4.78, 5) is 0. The highest BCUT2D eigenvalue weighted by molar-refractivity contribution is 7.99. The number of hydrogen-bond acceptors (Lipinski definition) is 2. The lowest BCUT2D eigenvalue weighted by atomic mass is 10.2. The van der Waals surface area contributed by atoms with E-state index >= 15 is 0 Å². The van der Waals surface area contributed by atoms with Gasteiger partial charge in [0.15, 0.2) is 0 Å². The van der Waals surface area contributed by atoms with Gasteiger partial charge < -0.3 is 5.32 Å². The van der Waals surface area contributed by atoms with Crippen molar-refractivity contribution in [3.63, 3.8) is 0 Å². The molecule has 0 aromatic rings. The van der Waals surface area contributed by atoms with Gasteiger partial charge in [-0.25, -0.2) is 8.78 Å². The number of thioether (sulfide) groups is 1. The van der Waals surface area contributed by atoms with Gasteiger partial charge in [0, 0.05) is 11.3 Å². The Bertz CT molecular complexity index is 144. The number of halogens is 2. The van der Waals surface area contributed by atoms with E-state index in [9.17, 15) is 8.78 Å². The number of alkyl halides is 2. The Labute approximate surface area is 82.7 Å². The molecule has 0 aromatic heterocycles. The van der Waals surface area contributed by atoms with Crippen LogP contribution in [0.3, 0.4) is 0 Å². The Morgan fingerprint density at radius 1 is 1.46 bits per heavy atom. The van der Waals surface area contributed by atoms with Crippen LogP contribution in [0.1, 0.15) is 26.2 Å². The van der Waals surface area contributed by atoms with Crippen LogP contribution in [0, 0.1) is 0 Å². The van der Waals surface area contributed by atoms with E-state index in [0.717, 1.165) is 12.2 Å². The van der Waals surface area contributed by atoms with Crippen molar-refractivity contribution < 1.29 is 8.78 Å². The molecule has 1 aliphatic carbocycles. The summed E-state index contributed by atoms with van der Waals surface area (Å²) in [6.45, 7) is 1.97. The smallest absolute Gasteiger partial charge is 0.250 e. The van der Waals surface area contributed by atoms with E-state index in [1.807, 2.05) is 11.8 Å². The zero-order valence-electron chi connectivity index (χ0n) is 7.93. The lowest BCUT2D eigenvalue weighted by molar-refractivity contribution is 0.142. The lowest BCUT2D eigenvalue weighted by Gasteiger charge is -2.19. The second kappa shape index (κ2) is 5.81. The second-order valence-corrected chi connectivity index (χ2v) is 4.85. The summed E-state index contributed by atoms with van der Waals surface area (Å²) < 4.78 is 23.9. The van der Waals surface area contributed by atoms with Crippen molar-refractivity contribution in [1.82, 2.24) is 5.32 Å². The summed E-state index contributed by atoms with van der Waals surface area (Å²) in [5.41, 5.74) is 0. The van der Waals surface area contributed by atoms with Crippen molar-refractivity contribution in [3.8, 4) is 0 Å². The molecule has 2 atom stereocenters. The third kappa shape index (κ3) is 3.81. The number of rotatable bonds is 5. The van der Waals surface area contributed by atoms with Crippen molar-refractivity contribution in [2.24, 2.45) is 0 Å². The summed E-state index contributed by atoms with van der Waals surface area (Å²) in [7, 11) is 0. The van der Waals surface area contributed by atoms with Crippen LogP contribution in [-0.4, -0.2) is 30.0 Å². The molecule has 0 amide bonds. The summed E-state index contributed by atoms with van der Waals surface area (Å²) >= 11 is 1.89. The predicted molar refractivity (Wildman–Crippen MR) is 53.6 cm³/mol. The number of hydrogen-bond donors (Lipinski definition) is 1. The molecule has 4 heteroatoms. The van der Waals surface area contributed by atoms with Gasteiger partial charge in [-0.2, -0.15) is 11.8 Å². The van der Waals surface area contributed by atoms with Gasteiger partial charge in [0.05, 0.1) is 6.54 Å². The molecule has 0 radical (unpaired) electrons. The zero-order valence-corrected chi connectivity index (χ0v) is 8.75. The molecule has 13 heavy (non-hydrogen) atoms. The fourth-order valence-corrected chi connectivity index (χ4v) is 3.04. The zero-order chi connectivity index (χ0) is 9.68. The van der Waals surface area contributed by atoms with Gasteiger partial charge in [0.25, 0.3) is 6.43 Å². The molecule has 1 aliphatic rings. The maximum absolute atomic E-state index is 11.9. The fraction of sp³-hybridized carbons (Fsp3) is 1.00. The van der Waals surface area contributed by atoms with Crippen LogP contribution in [0.25, 0.3) is 0 Å². The molecule has 1 saturated carbocycles. The molecule has 0 bridgehead atoms. The second-order valence-electron chi connectivity index (χ2n) is 3.33. The van der Waals surface area contributed by atoms with E-state index in [1.165, 1.54) is 12.8 Å². The highest BCUT2D eigenvalue weighted by Crippen LogP contribution is 2.29. The van der Waals surface area contributed by atoms with Gasteiger partial charge in [-0.1, -0.05) is 13.3 Å². The molecule has 1 N–H and O–H groups in total. The molecule has 2 unspecified atom stereocenters. The van der Waals surface area contributed by atoms with Crippen LogP contribution in [0.15, 0.2) is 0 Å². The Kier molecular flexibility index (Phi) is 5.02. The van der Waals surface area contributed by atoms with Crippen molar-refractivity contribution in [1.29, 1.82) is 0 Å². The standard InChI is InChI=1S/C9H17F2NS/c1-2-13-8-5-3-4-7(8)12-6-9(10)11/h7-9,12H,2-6H2,1H3. The van der Waals surface area contributed by atoms with Crippen LogP contribution in [0.2, 0.25) is 0 Å². The third-order valence-corrected chi connectivity index (χ3v) is 3.69. The molecule has 0 saturated heterocycles. The Balaban J connectivity index is 2.22. The maximum Gasteiger partial charge on any atom is 0.250 e. The van der Waals surface area contributed by atoms with Crippen LogP contribution in [-0.2, 0) is 0 Å². The molecule has 0 aromatic carbocycles. The number of nitrogens with one attached hydrogen (secondary N) is 1. The molecule has 0 aliphatic heterocycles. The van der Waals surface area contributed by atoms with Crippen molar-refractivity contribution in [3.05, 3.63) is 0 Å². The molecule has 78 valence electrons. The highest BCUT2D eigenvalue weighted by Gasteiger charge is 2.26. The minimum absolute atomic E-state index is 0.147. The van der Waals surface area contributed by atoms with Crippen LogP contribution < -0.4 is 5.32 Å². The molecule has 1 rings (SSSR count). The quantitative estimate of drug-likeness (QED) is 0.746. The first-order valence-corrected chi connectivity index (χ1v) is 5.92. The molecule has 1 nitrogen and oxygen atoms in total. The highest BCUT2D eigenvalue weighted by atomic mass is 32.2. The van der Waals surface area contributed by atoms with Gasteiger partial charge in [-0.15, -0.1) is 0 Å². The van der Waals surface area contributed by atoms with E-state index in [2.05, 4.69) is 12.2 Å². The SMILES string of the molecule is CCSC1CCCC1NCC(F)F. The monoisotopic (exact) mass is 209 g/mol. The minimum Gasteiger partial charge on any atom is -0.308 e. The Morgan fingerprint density at radius 2 is 2.23 bits per heavy atom. The van der Waals surface area contributed by atoms with Crippen LogP contribution in [0.4, 0.5) is 8.78 Å². The van der Waals surface area contributed by atoms with Gasteiger partial charge in [-0.05, 0) is 18.6 Å². The predicted octanol–water partition coefficient (Wildman–Crippen LogP) is 2.52. The largest absolute Gasteiger partial charge is 0.308 e. The molecule has 0 heterocycles. The van der Waals surface area contributed by atoms with Crippen molar-refractivity contribution in [2.75, 3.05) is 12.3 Å².